The zero-order valence-corrected chi connectivity index (χ0v) is 17.6. The molecule has 8 nitrogen and oxygen atoms in total. The third-order valence-electron chi connectivity index (χ3n) is 5.68. The standard InChI is InChI=1S/C20H24FN5O3S/c1-14(30)24-10-17-11-25(20(28)29-17)16-2-3-19(18(21)8-16)26(12-22)6-4-15(5-7-26)9-23-13-27/h2-3,8,13,15,17H,4-7,9-11H2,1H3,(H-,23,24,27,30)/p+1/t15?,17-,26?/m0/s1. The Morgan fingerprint density at radius 2 is 2.17 bits per heavy atom. The smallest absolute Gasteiger partial charge is 0.414 e. The van der Waals surface area contributed by atoms with E-state index in [1.165, 1.54) is 11.0 Å². The molecule has 2 heterocycles. The highest BCUT2D eigenvalue weighted by Gasteiger charge is 2.40. The van der Waals surface area contributed by atoms with E-state index in [2.05, 4.69) is 16.8 Å². The summed E-state index contributed by atoms with van der Waals surface area (Å²) in [5.41, 5.74) is 0.689. The largest absolute Gasteiger partial charge is 0.442 e. The highest BCUT2D eigenvalue weighted by Crippen LogP contribution is 2.35. The van der Waals surface area contributed by atoms with E-state index in [0.29, 0.717) is 61.8 Å². The average Bonchev–Trinajstić information content (AvgIpc) is 3.11. The van der Waals surface area contributed by atoms with Crippen molar-refractivity contribution in [1.82, 2.24) is 15.1 Å². The molecule has 30 heavy (non-hydrogen) atoms. The number of nitrogens with one attached hydrogen (secondary N) is 2. The first-order valence-corrected chi connectivity index (χ1v) is 10.3. The van der Waals surface area contributed by atoms with Gasteiger partial charge >= 0.3 is 12.3 Å². The lowest BCUT2D eigenvalue weighted by Crippen LogP contribution is -2.51. The molecule has 2 aliphatic heterocycles. The predicted molar refractivity (Wildman–Crippen MR) is 114 cm³/mol. The number of quaternary nitrogens is 1. The molecule has 0 bridgehead atoms. The Morgan fingerprint density at radius 3 is 2.77 bits per heavy atom. The SMILES string of the molecule is CC(=S)NC[C@H]1CN(c2ccc([N+]3(C#N)CCC(CNC=O)CC3)c(F)c2)C(=O)O1. The summed E-state index contributed by atoms with van der Waals surface area (Å²) in [6, 6.07) is 4.52. The number of nitrogens with zero attached hydrogens (tertiary/aromatic N) is 3. The first kappa shape index (κ1) is 21.9. The number of carbonyl (C=O) groups excluding carboxylic acids is 2. The van der Waals surface area contributed by atoms with Crippen LogP contribution in [0.25, 0.3) is 0 Å². The number of anilines is 1. The molecule has 10 heteroatoms. The number of carbonyl (C=O) groups is 2. The molecular weight excluding hydrogens is 409 g/mol. The van der Waals surface area contributed by atoms with Crippen molar-refractivity contribution in [3.05, 3.63) is 24.0 Å². The Hall–Kier alpha value is -2.77. The molecule has 1 aromatic carbocycles. The number of hydrogen-bond acceptors (Lipinski definition) is 5. The fraction of sp³-hybridized carbons (Fsp3) is 0.500. The van der Waals surface area contributed by atoms with E-state index in [0.717, 1.165) is 0 Å². The van der Waals surface area contributed by atoms with Gasteiger partial charge in [-0.1, -0.05) is 12.2 Å². The molecule has 0 aromatic heterocycles. The van der Waals surface area contributed by atoms with Gasteiger partial charge in [-0.15, -0.1) is 5.26 Å². The van der Waals surface area contributed by atoms with Crippen LogP contribution in [-0.2, 0) is 9.53 Å². The maximum absolute atomic E-state index is 15.1. The van der Waals surface area contributed by atoms with Gasteiger partial charge in [0.05, 0.1) is 36.9 Å². The Morgan fingerprint density at radius 1 is 1.43 bits per heavy atom. The van der Waals surface area contributed by atoms with Gasteiger partial charge in [0, 0.05) is 31.5 Å². The van der Waals surface area contributed by atoms with E-state index in [4.69, 9.17) is 17.0 Å². The van der Waals surface area contributed by atoms with Crippen molar-refractivity contribution < 1.29 is 18.7 Å². The molecule has 0 spiro atoms. The molecule has 3 rings (SSSR count). The summed E-state index contributed by atoms with van der Waals surface area (Å²) >= 11 is 4.96. The fourth-order valence-electron chi connectivity index (χ4n) is 3.98. The van der Waals surface area contributed by atoms with Gasteiger partial charge < -0.3 is 15.4 Å². The molecule has 0 unspecified atom stereocenters. The Kier molecular flexibility index (Phi) is 6.84. The number of rotatable bonds is 7. The minimum absolute atomic E-state index is 0.116. The van der Waals surface area contributed by atoms with E-state index in [1.54, 1.807) is 19.1 Å². The normalized spacial score (nSPS) is 25.9. The summed E-state index contributed by atoms with van der Waals surface area (Å²) in [6.07, 6.45) is 3.43. The number of nitriles is 1. The van der Waals surface area contributed by atoms with Crippen LogP contribution in [0, 0.1) is 23.2 Å². The zero-order chi connectivity index (χ0) is 21.7. The number of benzene rings is 1. The van der Waals surface area contributed by atoms with Crippen LogP contribution in [0.2, 0.25) is 0 Å². The first-order chi connectivity index (χ1) is 14.4. The lowest BCUT2D eigenvalue weighted by Gasteiger charge is -2.36. The topological polar surface area (TPSA) is 94.5 Å². The molecule has 2 N–H and O–H groups in total. The highest BCUT2D eigenvalue weighted by molar-refractivity contribution is 7.80. The molecule has 2 amide bonds. The third kappa shape index (κ3) is 4.68. The van der Waals surface area contributed by atoms with Crippen LogP contribution in [0.5, 0.6) is 0 Å². The lowest BCUT2D eigenvalue weighted by atomic mass is 9.94. The Labute approximate surface area is 180 Å². The molecule has 160 valence electrons. The van der Waals surface area contributed by atoms with Gasteiger partial charge in [0.25, 0.3) is 0 Å². The van der Waals surface area contributed by atoms with Crippen molar-refractivity contribution in [2.45, 2.75) is 25.9 Å². The van der Waals surface area contributed by atoms with Gasteiger partial charge in [0.1, 0.15) is 6.10 Å². The van der Waals surface area contributed by atoms with E-state index in [-0.39, 0.29) is 23.0 Å². The molecule has 2 fully saturated rings. The fourth-order valence-corrected chi connectivity index (χ4v) is 4.07. The maximum Gasteiger partial charge on any atom is 0.414 e. The predicted octanol–water partition coefficient (Wildman–Crippen LogP) is 2.03. The molecule has 0 saturated carbocycles. The number of thiocarbonyl (C=S) groups is 1. The van der Waals surface area contributed by atoms with Gasteiger partial charge in [-0.2, -0.15) is 4.48 Å². The summed E-state index contributed by atoms with van der Waals surface area (Å²) in [6.45, 7) is 3.92. The monoisotopic (exact) mass is 434 g/mol. The molecule has 1 atom stereocenters. The highest BCUT2D eigenvalue weighted by atomic mass is 32.1. The number of piperidine rings is 1. The average molecular weight is 435 g/mol. The van der Waals surface area contributed by atoms with Crippen molar-refractivity contribution >= 4 is 41.1 Å². The third-order valence-corrected chi connectivity index (χ3v) is 5.82. The van der Waals surface area contributed by atoms with Crippen LogP contribution in [0.3, 0.4) is 0 Å². The van der Waals surface area contributed by atoms with Crippen molar-refractivity contribution in [1.29, 1.82) is 5.26 Å². The summed E-state index contributed by atoms with van der Waals surface area (Å²) in [5.74, 6) is -0.249. The van der Waals surface area contributed by atoms with Crippen LogP contribution in [0.1, 0.15) is 19.8 Å². The van der Waals surface area contributed by atoms with Crippen LogP contribution in [0.15, 0.2) is 18.2 Å². The van der Waals surface area contributed by atoms with Crippen LogP contribution < -0.4 is 20.0 Å². The molecule has 0 radical (unpaired) electrons. The van der Waals surface area contributed by atoms with Crippen LogP contribution in [-0.4, -0.2) is 56.3 Å². The van der Waals surface area contributed by atoms with Gasteiger partial charge in [-0.25, -0.2) is 9.18 Å². The first-order valence-electron chi connectivity index (χ1n) is 9.86. The number of likely N-dealkylation sites (tertiary alicyclic amines) is 1. The number of ether oxygens (including phenoxy) is 1. The Bertz CT molecular complexity index is 866. The number of hydrogen-bond donors (Lipinski definition) is 2. The number of cyclic esters (lactones) is 1. The van der Waals surface area contributed by atoms with Gasteiger partial charge in [-0.3, -0.25) is 9.69 Å². The molecule has 2 aliphatic rings. The zero-order valence-electron chi connectivity index (χ0n) is 16.8. The van der Waals surface area contributed by atoms with Crippen LogP contribution in [0.4, 0.5) is 20.6 Å². The lowest BCUT2D eigenvalue weighted by molar-refractivity contribution is -0.109. The van der Waals surface area contributed by atoms with E-state index >= 15 is 4.39 Å². The van der Waals surface area contributed by atoms with Gasteiger partial charge in [0.15, 0.2) is 11.5 Å². The second-order valence-electron chi connectivity index (χ2n) is 7.67. The van der Waals surface area contributed by atoms with Crippen molar-refractivity contribution in [2.24, 2.45) is 5.92 Å². The second kappa shape index (κ2) is 9.36. The van der Waals surface area contributed by atoms with Gasteiger partial charge in [0.2, 0.25) is 6.41 Å². The van der Waals surface area contributed by atoms with E-state index < -0.39 is 11.9 Å². The van der Waals surface area contributed by atoms with E-state index in [1.807, 2.05) is 0 Å². The summed E-state index contributed by atoms with van der Waals surface area (Å²) in [7, 11) is 0. The summed E-state index contributed by atoms with van der Waals surface area (Å²) < 4.78 is 20.3. The van der Waals surface area contributed by atoms with Gasteiger partial charge in [-0.05, 0) is 18.9 Å². The van der Waals surface area contributed by atoms with Crippen molar-refractivity contribution in [3.63, 3.8) is 0 Å². The number of halogens is 1. The summed E-state index contributed by atoms with van der Waals surface area (Å²) in [5, 5.41) is 15.5. The minimum Gasteiger partial charge on any atom is -0.442 e. The molecule has 0 aliphatic carbocycles. The Balaban J connectivity index is 1.72. The molecular formula is C20H25FN5O3S+. The van der Waals surface area contributed by atoms with Crippen molar-refractivity contribution in [2.75, 3.05) is 37.6 Å². The summed E-state index contributed by atoms with van der Waals surface area (Å²) in [4.78, 5) is 24.7. The maximum atomic E-state index is 15.1. The van der Waals surface area contributed by atoms with Crippen LogP contribution >= 0.6 is 12.2 Å². The van der Waals surface area contributed by atoms with Crippen molar-refractivity contribution in [3.8, 4) is 6.19 Å². The second-order valence-corrected chi connectivity index (χ2v) is 8.29. The molecule has 2 saturated heterocycles. The molecule has 1 aromatic rings. The quantitative estimate of drug-likeness (QED) is 0.295. The number of amides is 2. The minimum atomic E-state index is -0.538. The van der Waals surface area contributed by atoms with E-state index in [9.17, 15) is 14.9 Å².